The van der Waals surface area contributed by atoms with Gasteiger partial charge in [0.2, 0.25) is 0 Å². The van der Waals surface area contributed by atoms with Crippen LogP contribution in [0.1, 0.15) is 17.2 Å². The first-order chi connectivity index (χ1) is 11.6. The second kappa shape index (κ2) is 6.80. The molecule has 2 amide bonds. The van der Waals surface area contributed by atoms with E-state index < -0.39 is 18.2 Å². The molecule has 0 bridgehead atoms. The molecule has 0 saturated carbocycles. The molecule has 0 heterocycles. The van der Waals surface area contributed by atoms with Gasteiger partial charge in [0.05, 0.1) is 26.4 Å². The number of anilines is 1. The third kappa shape index (κ3) is 3.28. The number of nitrogens with one attached hydrogen (secondary N) is 2. The van der Waals surface area contributed by atoms with Crippen molar-refractivity contribution in [2.24, 2.45) is 0 Å². The maximum absolute atomic E-state index is 12.3. The molecule has 0 spiro atoms. The highest BCUT2D eigenvalue weighted by molar-refractivity contribution is 5.90. The van der Waals surface area contributed by atoms with Crippen molar-refractivity contribution in [3.63, 3.8) is 0 Å². The lowest BCUT2D eigenvalue weighted by Crippen LogP contribution is -2.36. The van der Waals surface area contributed by atoms with Gasteiger partial charge in [0.25, 0.3) is 0 Å². The fraction of sp³-hybridized carbons (Fsp3) is 0.278. The number of benzene rings is 2. The van der Waals surface area contributed by atoms with Crippen LogP contribution in [-0.4, -0.2) is 31.5 Å². The molecule has 1 aliphatic rings. The highest BCUT2D eigenvalue weighted by Crippen LogP contribution is 2.31. The van der Waals surface area contributed by atoms with E-state index >= 15 is 0 Å². The van der Waals surface area contributed by atoms with Crippen molar-refractivity contribution in [3.05, 3.63) is 53.6 Å². The zero-order valence-corrected chi connectivity index (χ0v) is 13.6. The van der Waals surface area contributed by atoms with Gasteiger partial charge in [-0.2, -0.15) is 0 Å². The van der Waals surface area contributed by atoms with Crippen molar-refractivity contribution in [3.8, 4) is 11.5 Å². The smallest absolute Gasteiger partial charge is 0.319 e. The summed E-state index contributed by atoms with van der Waals surface area (Å²) in [5.41, 5.74) is 2.55. The van der Waals surface area contributed by atoms with E-state index in [-0.39, 0.29) is 0 Å². The Balaban J connectivity index is 1.72. The highest BCUT2D eigenvalue weighted by atomic mass is 16.5. The number of fused-ring (bicyclic) bond motifs is 1. The highest BCUT2D eigenvalue weighted by Gasteiger charge is 2.31. The molecule has 2 aromatic carbocycles. The van der Waals surface area contributed by atoms with Gasteiger partial charge >= 0.3 is 6.03 Å². The lowest BCUT2D eigenvalue weighted by atomic mass is 10.1. The van der Waals surface area contributed by atoms with Crippen LogP contribution in [0, 0.1) is 0 Å². The number of carbonyl (C=O) groups is 1. The molecule has 0 aromatic heterocycles. The molecular weight excluding hydrogens is 308 g/mol. The Bertz CT molecular complexity index is 725. The number of rotatable bonds is 4. The summed E-state index contributed by atoms with van der Waals surface area (Å²) in [5.74, 6) is 1.16. The summed E-state index contributed by atoms with van der Waals surface area (Å²) in [6, 6.07) is 12.0. The fourth-order valence-corrected chi connectivity index (χ4v) is 2.94. The van der Waals surface area contributed by atoms with E-state index in [1.807, 2.05) is 24.3 Å². The molecule has 2 aromatic rings. The van der Waals surface area contributed by atoms with Gasteiger partial charge in [0.1, 0.15) is 11.5 Å². The number of aliphatic hydroxyl groups excluding tert-OH is 1. The predicted molar refractivity (Wildman–Crippen MR) is 90.6 cm³/mol. The number of aliphatic hydroxyl groups is 1. The maximum atomic E-state index is 12.3. The summed E-state index contributed by atoms with van der Waals surface area (Å²) in [4.78, 5) is 12.3. The van der Waals surface area contributed by atoms with Gasteiger partial charge in [-0.1, -0.05) is 24.3 Å². The molecular formula is C18H20N2O4. The minimum Gasteiger partial charge on any atom is -0.497 e. The Morgan fingerprint density at radius 3 is 2.46 bits per heavy atom. The predicted octanol–water partition coefficient (Wildman–Crippen LogP) is 2.48. The number of amides is 2. The Hall–Kier alpha value is -2.73. The van der Waals surface area contributed by atoms with Gasteiger partial charge in [-0.15, -0.1) is 0 Å². The zero-order chi connectivity index (χ0) is 17.1. The molecule has 24 heavy (non-hydrogen) atoms. The van der Waals surface area contributed by atoms with Crippen molar-refractivity contribution in [2.75, 3.05) is 19.5 Å². The Morgan fingerprint density at radius 1 is 1.12 bits per heavy atom. The van der Waals surface area contributed by atoms with Crippen LogP contribution in [0.4, 0.5) is 10.5 Å². The second-order valence-electron chi connectivity index (χ2n) is 5.65. The summed E-state index contributed by atoms with van der Waals surface area (Å²) < 4.78 is 10.4. The minimum atomic E-state index is -0.631. The molecule has 126 valence electrons. The number of urea groups is 1. The molecule has 0 unspecified atom stereocenters. The van der Waals surface area contributed by atoms with E-state index in [9.17, 15) is 9.90 Å². The van der Waals surface area contributed by atoms with Crippen molar-refractivity contribution in [2.45, 2.75) is 18.6 Å². The van der Waals surface area contributed by atoms with Crippen LogP contribution in [0.2, 0.25) is 0 Å². The van der Waals surface area contributed by atoms with Gasteiger partial charge in [-0.05, 0) is 11.1 Å². The first-order valence-electron chi connectivity index (χ1n) is 7.67. The topological polar surface area (TPSA) is 79.8 Å². The molecule has 3 N–H and O–H groups in total. The molecule has 0 radical (unpaired) electrons. The number of methoxy groups -OCH3 is 2. The normalized spacial score (nSPS) is 18.6. The molecule has 6 heteroatoms. The van der Waals surface area contributed by atoms with Crippen molar-refractivity contribution < 1.29 is 19.4 Å². The third-order valence-electron chi connectivity index (χ3n) is 4.10. The zero-order valence-electron chi connectivity index (χ0n) is 13.6. The summed E-state index contributed by atoms with van der Waals surface area (Å²) in [6.07, 6.45) is -0.0957. The fourth-order valence-electron chi connectivity index (χ4n) is 2.94. The number of ether oxygens (including phenoxy) is 2. The van der Waals surface area contributed by atoms with Crippen molar-refractivity contribution in [1.29, 1.82) is 0 Å². The van der Waals surface area contributed by atoms with Crippen LogP contribution in [0.5, 0.6) is 11.5 Å². The van der Waals surface area contributed by atoms with Gasteiger partial charge in [0.15, 0.2) is 0 Å². The van der Waals surface area contributed by atoms with Gasteiger partial charge in [-0.25, -0.2) is 4.79 Å². The summed E-state index contributed by atoms with van der Waals surface area (Å²) in [6.45, 7) is 0. The van der Waals surface area contributed by atoms with Crippen molar-refractivity contribution >= 4 is 11.7 Å². The number of hydrogen-bond donors (Lipinski definition) is 3. The maximum Gasteiger partial charge on any atom is 0.319 e. The second-order valence-corrected chi connectivity index (χ2v) is 5.65. The summed E-state index contributed by atoms with van der Waals surface area (Å²) in [7, 11) is 3.09. The molecule has 1 aliphatic carbocycles. The number of carbonyl (C=O) groups excluding carboxylic acids is 1. The molecule has 6 nitrogen and oxygen atoms in total. The molecule has 3 rings (SSSR count). The Labute approximate surface area is 140 Å². The van der Waals surface area contributed by atoms with E-state index in [2.05, 4.69) is 10.6 Å². The quantitative estimate of drug-likeness (QED) is 0.805. The summed E-state index contributed by atoms with van der Waals surface area (Å²) in [5, 5.41) is 15.8. The average molecular weight is 328 g/mol. The lowest BCUT2D eigenvalue weighted by molar-refractivity contribution is 0.144. The first kappa shape index (κ1) is 16.1. The Kier molecular flexibility index (Phi) is 4.57. The van der Waals surface area contributed by atoms with Gasteiger partial charge in [-0.3, -0.25) is 0 Å². The van der Waals surface area contributed by atoms with Crippen LogP contribution in [0.25, 0.3) is 0 Å². The third-order valence-corrected chi connectivity index (χ3v) is 4.10. The van der Waals surface area contributed by atoms with Crippen LogP contribution in [-0.2, 0) is 6.42 Å². The molecule has 0 saturated heterocycles. The van der Waals surface area contributed by atoms with Gasteiger partial charge in [0, 0.05) is 30.3 Å². The number of hydrogen-bond acceptors (Lipinski definition) is 4. The van der Waals surface area contributed by atoms with E-state index in [0.29, 0.717) is 23.6 Å². The lowest BCUT2D eigenvalue weighted by Gasteiger charge is -2.18. The minimum absolute atomic E-state index is 0.397. The van der Waals surface area contributed by atoms with Crippen LogP contribution < -0.4 is 20.1 Å². The van der Waals surface area contributed by atoms with Crippen molar-refractivity contribution in [1.82, 2.24) is 5.32 Å². The van der Waals surface area contributed by atoms with Crippen LogP contribution in [0.3, 0.4) is 0 Å². The Morgan fingerprint density at radius 2 is 1.79 bits per heavy atom. The average Bonchev–Trinajstić information content (AvgIpc) is 2.90. The van der Waals surface area contributed by atoms with E-state index in [1.54, 1.807) is 32.4 Å². The van der Waals surface area contributed by atoms with E-state index in [0.717, 1.165) is 11.1 Å². The standard InChI is InChI=1S/C18H20N2O4/c1-23-13-8-12(9-14(10-13)24-2)19-18(22)20-17-15-6-4-3-5-11(15)7-16(17)21/h3-6,8-10,16-17,21H,7H2,1-2H3,(H2,19,20,22)/t16-,17+/m1/s1. The largest absolute Gasteiger partial charge is 0.497 e. The van der Waals surface area contributed by atoms with E-state index in [1.165, 1.54) is 0 Å². The molecule has 0 fully saturated rings. The first-order valence-corrected chi connectivity index (χ1v) is 7.67. The van der Waals surface area contributed by atoms with E-state index in [4.69, 9.17) is 9.47 Å². The van der Waals surface area contributed by atoms with Crippen LogP contribution in [0.15, 0.2) is 42.5 Å². The monoisotopic (exact) mass is 328 g/mol. The SMILES string of the molecule is COc1cc(NC(=O)N[C@H]2c3ccccc3C[C@H]2O)cc(OC)c1. The molecule has 0 aliphatic heterocycles. The van der Waals surface area contributed by atoms with Gasteiger partial charge < -0.3 is 25.2 Å². The summed E-state index contributed by atoms with van der Waals surface area (Å²) >= 11 is 0. The molecule has 2 atom stereocenters. The van der Waals surface area contributed by atoms with Crippen LogP contribution >= 0.6 is 0 Å².